The summed E-state index contributed by atoms with van der Waals surface area (Å²) in [5.41, 5.74) is 1.91. The quantitative estimate of drug-likeness (QED) is 0.758. The Balaban J connectivity index is 1.61. The molecule has 0 atom stereocenters. The van der Waals surface area contributed by atoms with Crippen LogP contribution in [0.25, 0.3) is 11.5 Å². The molecule has 2 aromatic heterocycles. The van der Waals surface area contributed by atoms with Crippen LogP contribution in [0.15, 0.2) is 22.7 Å². The number of H-pyrrole nitrogens is 1. The molecule has 3 rings (SSSR count). The zero-order valence-electron chi connectivity index (χ0n) is 12.9. The molecule has 1 saturated heterocycles. The largest absolute Gasteiger partial charge is 0.460 e. The van der Waals surface area contributed by atoms with Crippen molar-refractivity contribution in [1.82, 2.24) is 15.5 Å². The summed E-state index contributed by atoms with van der Waals surface area (Å²) in [6.45, 7) is 5.03. The van der Waals surface area contributed by atoms with E-state index in [9.17, 15) is 5.11 Å². The van der Waals surface area contributed by atoms with E-state index in [0.717, 1.165) is 55.4 Å². The molecule has 1 aliphatic rings. The minimum absolute atomic E-state index is 0.0661. The Kier molecular flexibility index (Phi) is 4.61. The molecule has 22 heavy (non-hydrogen) atoms. The summed E-state index contributed by atoms with van der Waals surface area (Å²) in [7, 11) is 0. The number of aromatic amines is 1. The Labute approximate surface area is 129 Å². The third-order valence-corrected chi connectivity index (χ3v) is 4.41. The highest BCUT2D eigenvalue weighted by Crippen LogP contribution is 2.29. The normalized spacial score (nSPS) is 17.7. The summed E-state index contributed by atoms with van der Waals surface area (Å²) in [6.07, 6.45) is 3.61. The van der Waals surface area contributed by atoms with Crippen molar-refractivity contribution >= 4 is 0 Å². The molecule has 1 aliphatic heterocycles. The molecule has 6 nitrogen and oxygen atoms in total. The summed E-state index contributed by atoms with van der Waals surface area (Å²) in [4.78, 5) is 0. The molecule has 0 amide bonds. The van der Waals surface area contributed by atoms with Crippen LogP contribution < -0.4 is 5.32 Å². The molecule has 2 aromatic rings. The smallest absolute Gasteiger partial charge is 0.152 e. The summed E-state index contributed by atoms with van der Waals surface area (Å²) < 4.78 is 11.0. The van der Waals surface area contributed by atoms with E-state index in [2.05, 4.69) is 15.5 Å². The van der Waals surface area contributed by atoms with Crippen LogP contribution >= 0.6 is 0 Å². The molecule has 0 saturated carbocycles. The Bertz CT molecular complexity index is 599. The number of aromatic nitrogens is 2. The Morgan fingerprint density at radius 2 is 2.18 bits per heavy atom. The van der Waals surface area contributed by atoms with Gasteiger partial charge in [0.1, 0.15) is 11.5 Å². The van der Waals surface area contributed by atoms with Crippen LogP contribution in [0.1, 0.15) is 24.2 Å². The molecule has 6 heteroatoms. The van der Waals surface area contributed by atoms with Gasteiger partial charge in [-0.15, -0.1) is 0 Å². The van der Waals surface area contributed by atoms with Crippen LogP contribution in [-0.4, -0.2) is 41.7 Å². The maximum absolute atomic E-state index is 9.71. The molecule has 0 bridgehead atoms. The number of aliphatic hydroxyl groups is 1. The number of nitrogens with zero attached hydrogens (tertiary/aromatic N) is 1. The van der Waals surface area contributed by atoms with Crippen molar-refractivity contribution in [1.29, 1.82) is 0 Å². The van der Waals surface area contributed by atoms with E-state index >= 15 is 0 Å². The van der Waals surface area contributed by atoms with Crippen LogP contribution in [-0.2, 0) is 11.3 Å². The highest BCUT2D eigenvalue weighted by Gasteiger charge is 2.31. The lowest BCUT2D eigenvalue weighted by Gasteiger charge is -2.35. The Hall–Kier alpha value is -1.63. The first kappa shape index (κ1) is 15.3. The first-order valence-electron chi connectivity index (χ1n) is 7.71. The molecular weight excluding hydrogens is 282 g/mol. The van der Waals surface area contributed by atoms with Crippen molar-refractivity contribution in [3.63, 3.8) is 0 Å². The lowest BCUT2D eigenvalue weighted by Crippen LogP contribution is -2.41. The van der Waals surface area contributed by atoms with Crippen LogP contribution in [0.4, 0.5) is 0 Å². The average molecular weight is 305 g/mol. The van der Waals surface area contributed by atoms with E-state index in [4.69, 9.17) is 9.15 Å². The second-order valence-electron chi connectivity index (χ2n) is 6.05. The second-order valence-corrected chi connectivity index (χ2v) is 6.05. The number of ether oxygens (including phenoxy) is 1. The van der Waals surface area contributed by atoms with Crippen molar-refractivity contribution in [3.05, 3.63) is 29.7 Å². The SMILES string of the molecule is Cc1ccc(-c2[nH]ncc2CNCC2(CO)CCOCC2)o1. The Morgan fingerprint density at radius 3 is 2.86 bits per heavy atom. The summed E-state index contributed by atoms with van der Waals surface area (Å²) in [6, 6.07) is 3.89. The minimum Gasteiger partial charge on any atom is -0.460 e. The van der Waals surface area contributed by atoms with E-state index in [1.807, 2.05) is 25.3 Å². The maximum atomic E-state index is 9.71. The number of hydrogen-bond donors (Lipinski definition) is 3. The van der Waals surface area contributed by atoms with Crippen molar-refractivity contribution < 1.29 is 14.3 Å². The summed E-state index contributed by atoms with van der Waals surface area (Å²) in [5, 5.41) is 20.3. The predicted molar refractivity (Wildman–Crippen MR) is 82.3 cm³/mol. The number of aliphatic hydroxyl groups excluding tert-OH is 1. The molecule has 0 unspecified atom stereocenters. The lowest BCUT2D eigenvalue weighted by molar-refractivity contribution is -0.0154. The fraction of sp³-hybridized carbons (Fsp3) is 0.562. The van der Waals surface area contributed by atoms with Gasteiger partial charge >= 0.3 is 0 Å². The molecule has 0 spiro atoms. The van der Waals surface area contributed by atoms with E-state index in [0.29, 0.717) is 6.54 Å². The number of hydrogen-bond acceptors (Lipinski definition) is 5. The van der Waals surface area contributed by atoms with Crippen molar-refractivity contribution in [2.24, 2.45) is 5.41 Å². The fourth-order valence-electron chi connectivity index (χ4n) is 2.88. The molecule has 0 radical (unpaired) electrons. The lowest BCUT2D eigenvalue weighted by atomic mass is 9.81. The van der Waals surface area contributed by atoms with Crippen LogP contribution in [0.2, 0.25) is 0 Å². The molecule has 3 N–H and O–H groups in total. The van der Waals surface area contributed by atoms with Gasteiger partial charge in [-0.2, -0.15) is 5.10 Å². The summed E-state index contributed by atoms with van der Waals surface area (Å²) in [5.74, 6) is 1.68. The van der Waals surface area contributed by atoms with Crippen LogP contribution in [0, 0.1) is 12.3 Å². The van der Waals surface area contributed by atoms with Gasteiger partial charge in [-0.1, -0.05) is 0 Å². The first-order chi connectivity index (χ1) is 10.7. The number of rotatable bonds is 6. The monoisotopic (exact) mass is 305 g/mol. The van der Waals surface area contributed by atoms with Crippen molar-refractivity contribution in [2.75, 3.05) is 26.4 Å². The summed E-state index contributed by atoms with van der Waals surface area (Å²) >= 11 is 0. The van der Waals surface area contributed by atoms with Gasteiger partial charge in [0.2, 0.25) is 0 Å². The standard InChI is InChI=1S/C16H23N3O3/c1-12-2-3-14(22-12)15-13(9-18-19-15)8-17-10-16(11-20)4-6-21-7-5-16/h2-3,9,17,20H,4-8,10-11H2,1H3,(H,18,19). The molecular formula is C16H23N3O3. The molecule has 3 heterocycles. The van der Waals surface area contributed by atoms with Gasteiger partial charge in [0, 0.05) is 37.3 Å². The fourth-order valence-corrected chi connectivity index (χ4v) is 2.88. The molecule has 1 fully saturated rings. The predicted octanol–water partition coefficient (Wildman–Crippen LogP) is 1.86. The van der Waals surface area contributed by atoms with Crippen LogP contribution in [0.5, 0.6) is 0 Å². The molecule has 0 aromatic carbocycles. The van der Waals surface area contributed by atoms with E-state index in [1.54, 1.807) is 0 Å². The minimum atomic E-state index is -0.0661. The van der Waals surface area contributed by atoms with Gasteiger partial charge in [0.05, 0.1) is 12.8 Å². The van der Waals surface area contributed by atoms with E-state index < -0.39 is 0 Å². The zero-order chi connectivity index (χ0) is 15.4. The third-order valence-electron chi connectivity index (χ3n) is 4.41. The highest BCUT2D eigenvalue weighted by atomic mass is 16.5. The van der Waals surface area contributed by atoms with Gasteiger partial charge in [0.25, 0.3) is 0 Å². The highest BCUT2D eigenvalue weighted by molar-refractivity contribution is 5.56. The van der Waals surface area contributed by atoms with Gasteiger partial charge in [-0.25, -0.2) is 0 Å². The van der Waals surface area contributed by atoms with E-state index in [-0.39, 0.29) is 12.0 Å². The number of aryl methyl sites for hydroxylation is 1. The third kappa shape index (κ3) is 3.24. The van der Waals surface area contributed by atoms with Gasteiger partial charge in [-0.05, 0) is 31.9 Å². The first-order valence-corrected chi connectivity index (χ1v) is 7.71. The van der Waals surface area contributed by atoms with E-state index in [1.165, 1.54) is 0 Å². The topological polar surface area (TPSA) is 83.3 Å². The van der Waals surface area contributed by atoms with Crippen molar-refractivity contribution in [3.8, 4) is 11.5 Å². The Morgan fingerprint density at radius 1 is 1.36 bits per heavy atom. The molecule has 120 valence electrons. The van der Waals surface area contributed by atoms with Crippen LogP contribution in [0.3, 0.4) is 0 Å². The van der Waals surface area contributed by atoms with Gasteiger partial charge in [-0.3, -0.25) is 5.10 Å². The van der Waals surface area contributed by atoms with Gasteiger partial charge < -0.3 is 19.6 Å². The number of furan rings is 1. The number of nitrogens with one attached hydrogen (secondary N) is 2. The zero-order valence-corrected chi connectivity index (χ0v) is 12.9. The second kappa shape index (κ2) is 6.64. The maximum Gasteiger partial charge on any atom is 0.152 e. The van der Waals surface area contributed by atoms with Gasteiger partial charge in [0.15, 0.2) is 5.76 Å². The van der Waals surface area contributed by atoms with Crippen molar-refractivity contribution in [2.45, 2.75) is 26.3 Å². The average Bonchev–Trinajstić information content (AvgIpc) is 3.17. The molecule has 0 aliphatic carbocycles.